The minimum atomic E-state index is -4.59. The van der Waals surface area contributed by atoms with E-state index in [0.29, 0.717) is 17.4 Å². The second-order valence-corrected chi connectivity index (χ2v) is 22.8. The van der Waals surface area contributed by atoms with Gasteiger partial charge in [-0.15, -0.1) is 0 Å². The summed E-state index contributed by atoms with van der Waals surface area (Å²) < 4.78 is 23.3. The summed E-state index contributed by atoms with van der Waals surface area (Å²) in [5, 5.41) is 13.8. The van der Waals surface area contributed by atoms with Gasteiger partial charge in [0.2, 0.25) is 5.91 Å². The van der Waals surface area contributed by atoms with E-state index in [1.807, 2.05) is 27.2 Å². The summed E-state index contributed by atoms with van der Waals surface area (Å²) in [7, 11) is 1.27. The van der Waals surface area contributed by atoms with E-state index >= 15 is 0 Å². The number of likely N-dealkylation sites (N-methyl/N-ethyl adjacent to an activating group) is 1. The third kappa shape index (κ3) is 52.6. The molecule has 0 aromatic heterocycles. The molecule has 67 heavy (non-hydrogen) atoms. The van der Waals surface area contributed by atoms with Crippen LogP contribution in [0, 0.1) is 0 Å². The Morgan fingerprint density at radius 1 is 0.507 bits per heavy atom. The van der Waals surface area contributed by atoms with Crippen molar-refractivity contribution in [3.63, 3.8) is 0 Å². The van der Waals surface area contributed by atoms with Gasteiger partial charge >= 0.3 is 0 Å². The first-order valence-corrected chi connectivity index (χ1v) is 30.7. The number of carbonyl (C=O) groups is 1. The standard InChI is InChI=1S/C58H115N2O6P/c1-6-8-10-12-14-16-18-20-21-22-23-24-25-26-27-28-29-30-31-32-33-34-35-36-37-38-39-40-42-44-46-48-50-52-58(62)59-56(55-66-67(63,64)65-54-53-60(3,4)5)57(61)51-49-47-45-43-41-19-17-15-13-11-9-7-2/h22-23,49,51,56-57,61H,6-21,24-48,50,52-55H2,1-5H3,(H-,59,62,63,64)/b23-22-,51-49+. The van der Waals surface area contributed by atoms with E-state index in [0.717, 1.165) is 38.5 Å². The van der Waals surface area contributed by atoms with Gasteiger partial charge in [-0.25, -0.2) is 0 Å². The van der Waals surface area contributed by atoms with Gasteiger partial charge in [-0.3, -0.25) is 9.36 Å². The van der Waals surface area contributed by atoms with Crippen molar-refractivity contribution >= 4 is 13.7 Å². The molecule has 3 unspecified atom stereocenters. The quantitative estimate of drug-likeness (QED) is 0.0272. The minimum absolute atomic E-state index is 0.00138. The summed E-state index contributed by atoms with van der Waals surface area (Å²) in [5.41, 5.74) is 0. The van der Waals surface area contributed by atoms with Crippen LogP contribution in [0.4, 0.5) is 0 Å². The van der Waals surface area contributed by atoms with Gasteiger partial charge in [0.25, 0.3) is 7.82 Å². The summed E-state index contributed by atoms with van der Waals surface area (Å²) in [6.45, 7) is 4.67. The normalized spacial score (nSPS) is 14.1. The van der Waals surface area contributed by atoms with Gasteiger partial charge < -0.3 is 28.8 Å². The van der Waals surface area contributed by atoms with Crippen LogP contribution >= 0.6 is 7.82 Å². The smallest absolute Gasteiger partial charge is 0.268 e. The summed E-state index contributed by atoms with van der Waals surface area (Å²) in [4.78, 5) is 25.4. The van der Waals surface area contributed by atoms with E-state index in [4.69, 9.17) is 9.05 Å². The fourth-order valence-electron chi connectivity index (χ4n) is 8.80. The number of carbonyl (C=O) groups excluding carboxylic acids is 1. The van der Waals surface area contributed by atoms with Gasteiger partial charge in [-0.1, -0.05) is 263 Å². The molecule has 3 atom stereocenters. The summed E-state index contributed by atoms with van der Waals surface area (Å²) in [6.07, 6.45) is 62.7. The fourth-order valence-corrected chi connectivity index (χ4v) is 9.52. The zero-order chi connectivity index (χ0) is 49.2. The van der Waals surface area contributed by atoms with Crippen LogP contribution in [0.2, 0.25) is 0 Å². The highest BCUT2D eigenvalue weighted by Gasteiger charge is 2.23. The van der Waals surface area contributed by atoms with Crippen molar-refractivity contribution in [2.45, 2.75) is 302 Å². The van der Waals surface area contributed by atoms with Crippen molar-refractivity contribution in [2.75, 3.05) is 40.9 Å². The van der Waals surface area contributed by atoms with Gasteiger partial charge in [-0.2, -0.15) is 0 Å². The molecule has 0 saturated heterocycles. The maximum absolute atomic E-state index is 12.9. The van der Waals surface area contributed by atoms with Gasteiger partial charge in [0, 0.05) is 6.42 Å². The first-order valence-electron chi connectivity index (χ1n) is 29.2. The van der Waals surface area contributed by atoms with Crippen molar-refractivity contribution in [3.05, 3.63) is 24.3 Å². The van der Waals surface area contributed by atoms with Crippen LogP contribution in [0.25, 0.3) is 0 Å². The topological polar surface area (TPSA) is 108 Å². The predicted octanol–water partition coefficient (Wildman–Crippen LogP) is 17.0. The highest BCUT2D eigenvalue weighted by molar-refractivity contribution is 7.45. The number of phosphoric acid groups is 1. The van der Waals surface area contributed by atoms with Gasteiger partial charge in [0.15, 0.2) is 0 Å². The number of phosphoric ester groups is 1. The number of allylic oxidation sites excluding steroid dienone is 3. The van der Waals surface area contributed by atoms with Crippen LogP contribution in [0.3, 0.4) is 0 Å². The largest absolute Gasteiger partial charge is 0.756 e. The number of quaternary nitrogens is 1. The Balaban J connectivity index is 3.95. The molecule has 0 aliphatic carbocycles. The molecule has 398 valence electrons. The maximum Gasteiger partial charge on any atom is 0.268 e. The molecule has 9 heteroatoms. The minimum Gasteiger partial charge on any atom is -0.756 e. The van der Waals surface area contributed by atoms with E-state index < -0.39 is 20.0 Å². The first-order chi connectivity index (χ1) is 32.5. The highest BCUT2D eigenvalue weighted by atomic mass is 31.2. The zero-order valence-electron chi connectivity index (χ0n) is 45.4. The SMILES string of the molecule is CCCCCCCCCC/C=C\CCCCCCCCCCCCCCCCCCCCCCCC(=O)NC(COP(=O)([O-])OCC[N+](C)(C)C)C(O)/C=C/CCCCCCCCCCCC. The number of rotatable bonds is 54. The van der Waals surface area contributed by atoms with E-state index in [1.165, 1.54) is 231 Å². The number of hydrogen-bond acceptors (Lipinski definition) is 6. The summed E-state index contributed by atoms with van der Waals surface area (Å²) >= 11 is 0. The zero-order valence-corrected chi connectivity index (χ0v) is 46.3. The Morgan fingerprint density at radius 2 is 0.821 bits per heavy atom. The fraction of sp³-hybridized carbons (Fsp3) is 0.914. The van der Waals surface area contributed by atoms with Crippen LogP contribution in [0.5, 0.6) is 0 Å². The lowest BCUT2D eigenvalue weighted by molar-refractivity contribution is -0.870. The number of aliphatic hydroxyl groups is 1. The number of unbranched alkanes of at least 4 members (excludes halogenated alkanes) is 39. The Labute approximate surface area is 417 Å². The Hall–Kier alpha value is -1.02. The number of nitrogens with zero attached hydrogens (tertiary/aromatic N) is 1. The van der Waals surface area contributed by atoms with Crippen LogP contribution in [0.1, 0.15) is 290 Å². The number of nitrogens with one attached hydrogen (secondary N) is 1. The number of aliphatic hydroxyl groups excluding tert-OH is 1. The molecular formula is C58H115N2O6P. The molecule has 0 spiro atoms. The molecule has 8 nitrogen and oxygen atoms in total. The van der Waals surface area contributed by atoms with Crippen molar-refractivity contribution < 1.29 is 32.9 Å². The molecule has 0 bridgehead atoms. The molecule has 0 radical (unpaired) electrons. The molecule has 1 amide bonds. The second kappa shape index (κ2) is 49.9. The molecule has 0 aromatic carbocycles. The summed E-state index contributed by atoms with van der Waals surface area (Å²) in [5.74, 6) is -0.193. The third-order valence-electron chi connectivity index (χ3n) is 13.4. The van der Waals surface area contributed by atoms with Crippen molar-refractivity contribution in [2.24, 2.45) is 0 Å². The predicted molar refractivity (Wildman–Crippen MR) is 289 cm³/mol. The lowest BCUT2D eigenvalue weighted by Gasteiger charge is -2.29. The molecule has 0 rings (SSSR count). The second-order valence-electron chi connectivity index (χ2n) is 21.4. The highest BCUT2D eigenvalue weighted by Crippen LogP contribution is 2.38. The maximum atomic E-state index is 12.9. The van der Waals surface area contributed by atoms with Crippen LogP contribution in [0.15, 0.2) is 24.3 Å². The Morgan fingerprint density at radius 3 is 1.16 bits per heavy atom. The molecule has 0 aliphatic rings. The number of hydrogen-bond donors (Lipinski definition) is 2. The van der Waals surface area contributed by atoms with Gasteiger partial charge in [0.05, 0.1) is 39.9 Å². The van der Waals surface area contributed by atoms with E-state index in [1.54, 1.807) is 6.08 Å². The molecule has 0 aromatic rings. The molecular weight excluding hydrogens is 852 g/mol. The lowest BCUT2D eigenvalue weighted by atomic mass is 10.0. The van der Waals surface area contributed by atoms with E-state index in [9.17, 15) is 19.4 Å². The van der Waals surface area contributed by atoms with Crippen LogP contribution in [-0.4, -0.2) is 68.5 Å². The van der Waals surface area contributed by atoms with Crippen molar-refractivity contribution in [1.29, 1.82) is 0 Å². The Kier molecular flexibility index (Phi) is 49.2. The molecule has 0 heterocycles. The number of amides is 1. The van der Waals surface area contributed by atoms with Gasteiger partial charge in [-0.05, 0) is 44.9 Å². The average Bonchev–Trinajstić information content (AvgIpc) is 3.29. The van der Waals surface area contributed by atoms with Crippen molar-refractivity contribution in [3.8, 4) is 0 Å². The van der Waals surface area contributed by atoms with Crippen LogP contribution in [-0.2, 0) is 18.4 Å². The molecule has 2 N–H and O–H groups in total. The van der Waals surface area contributed by atoms with Crippen LogP contribution < -0.4 is 10.2 Å². The average molecular weight is 968 g/mol. The Bertz CT molecular complexity index is 1140. The lowest BCUT2D eigenvalue weighted by Crippen LogP contribution is -2.45. The van der Waals surface area contributed by atoms with Crippen molar-refractivity contribution in [1.82, 2.24) is 5.32 Å². The molecule has 0 fully saturated rings. The third-order valence-corrected chi connectivity index (χ3v) is 14.4. The molecule has 0 saturated carbocycles. The first kappa shape index (κ1) is 66.0. The van der Waals surface area contributed by atoms with E-state index in [-0.39, 0.29) is 19.1 Å². The summed E-state index contributed by atoms with van der Waals surface area (Å²) in [6, 6.07) is -0.882. The van der Waals surface area contributed by atoms with E-state index in [2.05, 4.69) is 31.3 Å². The van der Waals surface area contributed by atoms with Gasteiger partial charge in [0.1, 0.15) is 13.2 Å². The monoisotopic (exact) mass is 967 g/mol. The molecule has 0 aliphatic heterocycles.